The molecule has 0 heterocycles. The minimum atomic E-state index is -4.40. The molecule has 1 aromatic rings. The monoisotopic (exact) mass is 318 g/mol. The molecule has 0 aliphatic rings. The van der Waals surface area contributed by atoms with E-state index in [2.05, 4.69) is 0 Å². The van der Waals surface area contributed by atoms with E-state index in [1.165, 1.54) is 0 Å². The molecule has 0 saturated carbocycles. The van der Waals surface area contributed by atoms with E-state index < -0.39 is 43.5 Å². The van der Waals surface area contributed by atoms with Gasteiger partial charge in [0.05, 0.1) is 15.5 Å². The summed E-state index contributed by atoms with van der Waals surface area (Å²) in [6.45, 7) is 0. The summed E-state index contributed by atoms with van der Waals surface area (Å²) in [6.07, 6.45) is -3.10. The highest BCUT2D eigenvalue weighted by atomic mass is 35.5. The van der Waals surface area contributed by atoms with E-state index in [-0.39, 0.29) is 5.02 Å². The zero-order valence-corrected chi connectivity index (χ0v) is 10.9. The Hall–Kier alpha value is -0.920. The molecule has 9 heteroatoms. The van der Waals surface area contributed by atoms with Gasteiger partial charge in [-0.1, -0.05) is 23.2 Å². The minimum Gasteiger partial charge on any atom is -0.478 e. The Balaban J connectivity index is 3.47. The van der Waals surface area contributed by atoms with Crippen molar-refractivity contribution in [3.05, 3.63) is 27.7 Å². The number of rotatable bonds is 4. The molecule has 18 heavy (non-hydrogen) atoms. The highest BCUT2D eigenvalue weighted by Gasteiger charge is 2.26. The molecule has 0 spiro atoms. The molecule has 1 aromatic carbocycles. The zero-order valence-electron chi connectivity index (χ0n) is 8.53. The van der Waals surface area contributed by atoms with E-state index >= 15 is 0 Å². The molecule has 0 radical (unpaired) electrons. The van der Waals surface area contributed by atoms with Crippen LogP contribution in [0.5, 0.6) is 0 Å². The van der Waals surface area contributed by atoms with Gasteiger partial charge in [-0.05, 0) is 12.1 Å². The normalized spacial score (nSPS) is 11.8. The van der Waals surface area contributed by atoms with Crippen LogP contribution >= 0.6 is 23.2 Å². The largest absolute Gasteiger partial charge is 0.478 e. The van der Waals surface area contributed by atoms with Gasteiger partial charge in [0.2, 0.25) is 0 Å². The standard InChI is InChI=1S/C9H6Cl2F2O4S/c10-4-1-5(9(14)15)8(11)6(2-4)18(16,17)3-7(12)13/h1-2,7H,3H2,(H,14,15). The van der Waals surface area contributed by atoms with Crippen LogP contribution in [0.4, 0.5) is 8.78 Å². The second-order valence-electron chi connectivity index (χ2n) is 3.24. The van der Waals surface area contributed by atoms with Crippen molar-refractivity contribution < 1.29 is 27.1 Å². The first-order valence-corrected chi connectivity index (χ1v) is 6.79. The smallest absolute Gasteiger partial charge is 0.337 e. The Bertz CT molecular complexity index is 586. The maximum Gasteiger partial charge on any atom is 0.337 e. The molecule has 1 N–H and O–H groups in total. The van der Waals surface area contributed by atoms with Gasteiger partial charge in [-0.3, -0.25) is 0 Å². The first-order chi connectivity index (χ1) is 8.15. The van der Waals surface area contributed by atoms with Crippen LogP contribution in [-0.4, -0.2) is 31.7 Å². The molecule has 4 nitrogen and oxygen atoms in total. The van der Waals surface area contributed by atoms with Crippen molar-refractivity contribution in [2.45, 2.75) is 11.3 Å². The van der Waals surface area contributed by atoms with Gasteiger partial charge < -0.3 is 5.11 Å². The van der Waals surface area contributed by atoms with E-state index in [0.29, 0.717) is 0 Å². The lowest BCUT2D eigenvalue weighted by Gasteiger charge is -2.09. The van der Waals surface area contributed by atoms with Crippen LogP contribution < -0.4 is 0 Å². The maximum absolute atomic E-state index is 12.1. The van der Waals surface area contributed by atoms with Gasteiger partial charge >= 0.3 is 5.97 Å². The summed E-state index contributed by atoms with van der Waals surface area (Å²) in [7, 11) is -4.40. The fourth-order valence-corrected chi connectivity index (χ4v) is 3.23. The summed E-state index contributed by atoms with van der Waals surface area (Å²) in [4.78, 5) is 10.1. The van der Waals surface area contributed by atoms with Crippen LogP contribution in [0.25, 0.3) is 0 Å². The highest BCUT2D eigenvalue weighted by Crippen LogP contribution is 2.30. The van der Waals surface area contributed by atoms with E-state index in [1.54, 1.807) is 0 Å². The van der Waals surface area contributed by atoms with E-state index in [1.807, 2.05) is 0 Å². The van der Waals surface area contributed by atoms with Crippen LogP contribution in [-0.2, 0) is 9.84 Å². The zero-order chi connectivity index (χ0) is 14.1. The molecule has 0 amide bonds. The van der Waals surface area contributed by atoms with Crippen molar-refractivity contribution in [3.63, 3.8) is 0 Å². The summed E-state index contributed by atoms with van der Waals surface area (Å²) in [5.74, 6) is -2.96. The molecule has 0 unspecified atom stereocenters. The number of carboxylic acids is 1. The number of hydrogen-bond acceptors (Lipinski definition) is 3. The second kappa shape index (κ2) is 5.38. The predicted octanol–water partition coefficient (Wildman–Crippen LogP) is 2.73. The number of alkyl halides is 2. The Labute approximate surface area is 111 Å². The van der Waals surface area contributed by atoms with Gasteiger partial charge in [-0.2, -0.15) is 0 Å². The Morgan fingerprint density at radius 1 is 1.33 bits per heavy atom. The quantitative estimate of drug-likeness (QED) is 0.926. The Kier molecular flexibility index (Phi) is 4.52. The molecule has 0 aliphatic carbocycles. The third-order valence-electron chi connectivity index (χ3n) is 1.91. The van der Waals surface area contributed by atoms with Gasteiger partial charge in [0.15, 0.2) is 9.84 Å². The van der Waals surface area contributed by atoms with E-state index in [9.17, 15) is 22.0 Å². The minimum absolute atomic E-state index is 0.218. The van der Waals surface area contributed by atoms with Gasteiger partial charge in [-0.25, -0.2) is 22.0 Å². The predicted molar refractivity (Wildman–Crippen MR) is 61.5 cm³/mol. The Morgan fingerprint density at radius 2 is 1.89 bits per heavy atom. The fraction of sp³-hybridized carbons (Fsp3) is 0.222. The molecular weight excluding hydrogens is 313 g/mol. The molecular formula is C9H6Cl2F2O4S. The van der Waals surface area contributed by atoms with Crippen molar-refractivity contribution in [2.24, 2.45) is 0 Å². The molecule has 0 saturated heterocycles. The van der Waals surface area contributed by atoms with Crippen LogP contribution in [0.2, 0.25) is 10.0 Å². The third kappa shape index (κ3) is 3.30. The molecule has 0 atom stereocenters. The molecule has 0 fully saturated rings. The topological polar surface area (TPSA) is 71.4 Å². The van der Waals surface area contributed by atoms with Gasteiger partial charge in [0.1, 0.15) is 5.75 Å². The molecule has 0 aliphatic heterocycles. The summed E-state index contributed by atoms with van der Waals surface area (Å²) in [5, 5.41) is 7.93. The van der Waals surface area contributed by atoms with Gasteiger partial charge in [0.25, 0.3) is 6.43 Å². The number of aromatic carboxylic acids is 1. The summed E-state index contributed by atoms with van der Waals surface area (Å²) in [5.41, 5.74) is -0.558. The number of sulfone groups is 1. The number of hydrogen-bond donors (Lipinski definition) is 1. The average Bonchev–Trinajstić information content (AvgIpc) is 2.18. The van der Waals surface area contributed by atoms with Crippen LogP contribution in [0.15, 0.2) is 17.0 Å². The van der Waals surface area contributed by atoms with Crippen molar-refractivity contribution >= 4 is 39.0 Å². The van der Waals surface area contributed by atoms with Crippen LogP contribution in [0.3, 0.4) is 0 Å². The molecule has 100 valence electrons. The van der Waals surface area contributed by atoms with E-state index in [0.717, 1.165) is 12.1 Å². The van der Waals surface area contributed by atoms with Crippen molar-refractivity contribution in [1.82, 2.24) is 0 Å². The van der Waals surface area contributed by atoms with Crippen LogP contribution in [0, 0.1) is 0 Å². The average molecular weight is 319 g/mol. The number of carboxylic acid groups (broad SMARTS) is 1. The summed E-state index contributed by atoms with van der Waals surface area (Å²) in [6, 6.07) is 1.78. The molecule has 0 bridgehead atoms. The highest BCUT2D eigenvalue weighted by molar-refractivity contribution is 7.91. The van der Waals surface area contributed by atoms with Crippen molar-refractivity contribution in [3.8, 4) is 0 Å². The summed E-state index contributed by atoms with van der Waals surface area (Å²) < 4.78 is 47.4. The SMILES string of the molecule is O=C(O)c1cc(Cl)cc(S(=O)(=O)CC(F)F)c1Cl. The van der Waals surface area contributed by atoms with Gasteiger partial charge in [0, 0.05) is 5.02 Å². The fourth-order valence-electron chi connectivity index (χ4n) is 1.20. The molecule has 0 aromatic heterocycles. The lowest BCUT2D eigenvalue weighted by Crippen LogP contribution is -2.15. The first-order valence-electron chi connectivity index (χ1n) is 4.38. The van der Waals surface area contributed by atoms with Gasteiger partial charge in [-0.15, -0.1) is 0 Å². The lowest BCUT2D eigenvalue weighted by molar-refractivity contribution is 0.0697. The molecule has 1 rings (SSSR count). The maximum atomic E-state index is 12.1. The number of benzene rings is 1. The lowest BCUT2D eigenvalue weighted by atomic mass is 10.2. The Morgan fingerprint density at radius 3 is 2.33 bits per heavy atom. The van der Waals surface area contributed by atoms with Crippen LogP contribution in [0.1, 0.15) is 10.4 Å². The summed E-state index contributed by atoms with van der Waals surface area (Å²) >= 11 is 11.1. The first kappa shape index (κ1) is 15.1. The second-order valence-corrected chi connectivity index (χ2v) is 6.06. The van der Waals surface area contributed by atoms with E-state index in [4.69, 9.17) is 28.3 Å². The third-order valence-corrected chi connectivity index (χ3v) is 4.34. The number of halogens is 4. The van der Waals surface area contributed by atoms with Crippen molar-refractivity contribution in [1.29, 1.82) is 0 Å². The van der Waals surface area contributed by atoms with Crippen molar-refractivity contribution in [2.75, 3.05) is 5.75 Å². The number of carbonyl (C=O) groups is 1.